The Hall–Kier alpha value is -3.00. The highest BCUT2D eigenvalue weighted by Crippen LogP contribution is 2.28. The summed E-state index contributed by atoms with van der Waals surface area (Å²) < 4.78 is 0. The summed E-state index contributed by atoms with van der Waals surface area (Å²) >= 11 is 6.05. The zero-order valence-electron chi connectivity index (χ0n) is 19.7. The van der Waals surface area contributed by atoms with Crippen LogP contribution in [-0.2, 0) is 16.1 Å². The minimum Gasteiger partial charge on any atom is -0.507 e. The largest absolute Gasteiger partial charge is 0.507 e. The number of halogens is 2. The van der Waals surface area contributed by atoms with Crippen LogP contribution >= 0.6 is 24.0 Å². The number of phenolic OH excluding ortho intramolecular Hbond substituents is 1. The van der Waals surface area contributed by atoms with E-state index in [-0.39, 0.29) is 36.5 Å². The van der Waals surface area contributed by atoms with Crippen molar-refractivity contribution in [3.8, 4) is 5.75 Å². The Labute approximate surface area is 216 Å². The number of rotatable bonds is 6. The van der Waals surface area contributed by atoms with E-state index in [0.29, 0.717) is 29.2 Å². The van der Waals surface area contributed by atoms with Gasteiger partial charge in [0, 0.05) is 47.8 Å². The third-order valence-corrected chi connectivity index (χ3v) is 6.37. The van der Waals surface area contributed by atoms with Gasteiger partial charge in [-0.3, -0.25) is 9.59 Å². The molecule has 0 radical (unpaired) electrons. The van der Waals surface area contributed by atoms with E-state index in [2.05, 4.69) is 45.1 Å². The fourth-order valence-electron chi connectivity index (χ4n) is 4.28. The van der Waals surface area contributed by atoms with Gasteiger partial charge < -0.3 is 26.0 Å². The van der Waals surface area contributed by atoms with Crippen molar-refractivity contribution in [2.75, 3.05) is 24.5 Å². The molecule has 3 aromatic carbocycles. The normalized spacial score (nSPS) is 16.3. The maximum absolute atomic E-state index is 12.9. The van der Waals surface area contributed by atoms with Crippen LogP contribution in [0.2, 0.25) is 5.02 Å². The van der Waals surface area contributed by atoms with Crippen LogP contribution in [0, 0.1) is 6.92 Å². The molecule has 3 aromatic rings. The lowest BCUT2D eigenvalue weighted by Crippen LogP contribution is -2.59. The van der Waals surface area contributed by atoms with E-state index >= 15 is 0 Å². The van der Waals surface area contributed by atoms with Gasteiger partial charge in [-0.1, -0.05) is 48.0 Å². The number of carbonyl (C=O) groups is 2. The number of amides is 2. The van der Waals surface area contributed by atoms with Gasteiger partial charge in [-0.25, -0.2) is 0 Å². The number of hydrogen-bond acceptors (Lipinski definition) is 5. The maximum Gasteiger partial charge on any atom is 0.242 e. The summed E-state index contributed by atoms with van der Waals surface area (Å²) in [5.41, 5.74) is 2.26. The molecule has 1 fully saturated rings. The van der Waals surface area contributed by atoms with Crippen molar-refractivity contribution in [3.63, 3.8) is 0 Å². The Kier molecular flexibility index (Phi) is 8.83. The SMILES string of the molecule is Cc1cc(Cl)cc(CNC(=O)C(C)NC(=O)C2CN(c3cccc4ccccc34)CCN2)c1O.Cl. The molecule has 0 aliphatic carbocycles. The number of phenols is 1. The van der Waals surface area contributed by atoms with Crippen molar-refractivity contribution in [3.05, 3.63) is 70.7 Å². The Morgan fingerprint density at radius 1 is 1.20 bits per heavy atom. The van der Waals surface area contributed by atoms with Gasteiger partial charge in [0.25, 0.3) is 0 Å². The number of aryl methyl sites for hydroxylation is 1. The highest BCUT2D eigenvalue weighted by atomic mass is 35.5. The fraction of sp³-hybridized carbons (Fsp3) is 0.308. The second-order valence-electron chi connectivity index (χ2n) is 8.63. The number of anilines is 1. The zero-order valence-corrected chi connectivity index (χ0v) is 21.2. The van der Waals surface area contributed by atoms with Crippen LogP contribution < -0.4 is 20.9 Å². The third-order valence-electron chi connectivity index (χ3n) is 6.15. The summed E-state index contributed by atoms with van der Waals surface area (Å²) in [5, 5.41) is 21.8. The van der Waals surface area contributed by atoms with Gasteiger partial charge in [0.15, 0.2) is 0 Å². The highest BCUT2D eigenvalue weighted by Gasteiger charge is 2.28. The van der Waals surface area contributed by atoms with Gasteiger partial charge in [0.1, 0.15) is 17.8 Å². The van der Waals surface area contributed by atoms with Crippen molar-refractivity contribution < 1.29 is 14.7 Å². The molecule has 9 heteroatoms. The summed E-state index contributed by atoms with van der Waals surface area (Å²) in [5.74, 6) is -0.470. The number of carbonyl (C=O) groups excluding carboxylic acids is 2. The second kappa shape index (κ2) is 11.6. The van der Waals surface area contributed by atoms with E-state index in [1.807, 2.05) is 18.2 Å². The zero-order chi connectivity index (χ0) is 24.2. The average Bonchev–Trinajstić information content (AvgIpc) is 2.84. The number of hydrogen-bond donors (Lipinski definition) is 4. The number of nitrogens with one attached hydrogen (secondary N) is 3. The maximum atomic E-state index is 12.9. The van der Waals surface area contributed by atoms with Crippen LogP contribution in [0.1, 0.15) is 18.1 Å². The van der Waals surface area contributed by atoms with Crippen LogP contribution in [0.15, 0.2) is 54.6 Å². The highest BCUT2D eigenvalue weighted by molar-refractivity contribution is 6.30. The van der Waals surface area contributed by atoms with Gasteiger partial charge in [0.2, 0.25) is 11.8 Å². The van der Waals surface area contributed by atoms with E-state index in [0.717, 1.165) is 23.0 Å². The first-order valence-electron chi connectivity index (χ1n) is 11.4. The van der Waals surface area contributed by atoms with Crippen LogP contribution in [-0.4, -0.2) is 48.6 Å². The van der Waals surface area contributed by atoms with E-state index < -0.39 is 12.1 Å². The summed E-state index contributed by atoms with van der Waals surface area (Å²) in [4.78, 5) is 27.7. The van der Waals surface area contributed by atoms with E-state index in [4.69, 9.17) is 11.6 Å². The molecule has 186 valence electrons. The topological polar surface area (TPSA) is 93.7 Å². The lowest BCUT2D eigenvalue weighted by molar-refractivity contribution is -0.129. The number of fused-ring (bicyclic) bond motifs is 1. The molecular weight excluding hydrogens is 487 g/mol. The van der Waals surface area contributed by atoms with Crippen molar-refractivity contribution in [1.82, 2.24) is 16.0 Å². The van der Waals surface area contributed by atoms with Crippen LogP contribution in [0.3, 0.4) is 0 Å². The van der Waals surface area contributed by atoms with Gasteiger partial charge in [0.05, 0.1) is 0 Å². The molecule has 1 saturated heterocycles. The van der Waals surface area contributed by atoms with E-state index in [1.54, 1.807) is 26.0 Å². The molecule has 1 heterocycles. The Balaban J connectivity index is 0.00000342. The molecule has 1 aliphatic heterocycles. The minimum absolute atomic E-state index is 0. The lowest BCUT2D eigenvalue weighted by Gasteiger charge is -2.35. The fourth-order valence-corrected chi connectivity index (χ4v) is 4.58. The number of benzene rings is 3. The molecule has 1 aliphatic rings. The third kappa shape index (κ3) is 6.17. The van der Waals surface area contributed by atoms with Crippen molar-refractivity contribution in [2.24, 2.45) is 0 Å². The Morgan fingerprint density at radius 2 is 1.94 bits per heavy atom. The second-order valence-corrected chi connectivity index (χ2v) is 9.07. The van der Waals surface area contributed by atoms with Gasteiger partial charge in [-0.2, -0.15) is 0 Å². The first kappa shape index (κ1) is 26.6. The van der Waals surface area contributed by atoms with Crippen molar-refractivity contribution in [2.45, 2.75) is 32.5 Å². The molecule has 0 spiro atoms. The van der Waals surface area contributed by atoms with Crippen LogP contribution in [0.5, 0.6) is 5.75 Å². The summed E-state index contributed by atoms with van der Waals surface area (Å²) in [6.45, 7) is 5.45. The Morgan fingerprint density at radius 3 is 2.74 bits per heavy atom. The van der Waals surface area contributed by atoms with Gasteiger partial charge >= 0.3 is 0 Å². The van der Waals surface area contributed by atoms with Crippen LogP contribution in [0.25, 0.3) is 10.8 Å². The molecule has 2 unspecified atom stereocenters. The van der Waals surface area contributed by atoms with Gasteiger partial charge in [-0.15, -0.1) is 12.4 Å². The lowest BCUT2D eigenvalue weighted by atomic mass is 10.1. The minimum atomic E-state index is -0.732. The molecule has 4 N–H and O–H groups in total. The molecule has 0 saturated carbocycles. The molecule has 7 nitrogen and oxygen atoms in total. The monoisotopic (exact) mass is 516 g/mol. The summed E-state index contributed by atoms with van der Waals surface area (Å²) in [6, 6.07) is 16.5. The molecule has 2 amide bonds. The predicted octanol–water partition coefficient (Wildman–Crippen LogP) is 3.53. The Bertz CT molecular complexity index is 1220. The number of nitrogens with zero attached hydrogens (tertiary/aromatic N) is 1. The smallest absolute Gasteiger partial charge is 0.242 e. The molecular formula is C26H30Cl2N4O3. The first-order valence-corrected chi connectivity index (χ1v) is 11.7. The van der Waals surface area contributed by atoms with Crippen molar-refractivity contribution in [1.29, 1.82) is 0 Å². The molecule has 0 bridgehead atoms. The standard InChI is InChI=1S/C26H29ClN4O3.ClH/c1-16-12-20(27)13-19(24(16)32)14-29-25(33)17(2)30-26(34)22-15-31(11-10-28-22)23-9-5-7-18-6-3-4-8-21(18)23;/h3-9,12-13,17,22,28,32H,10-11,14-15H2,1-2H3,(H,29,33)(H,30,34);1H. The summed E-state index contributed by atoms with van der Waals surface area (Å²) in [6.07, 6.45) is 0. The quantitative estimate of drug-likeness (QED) is 0.402. The summed E-state index contributed by atoms with van der Waals surface area (Å²) in [7, 11) is 0. The predicted molar refractivity (Wildman–Crippen MR) is 143 cm³/mol. The van der Waals surface area contributed by atoms with Gasteiger partial charge in [-0.05, 0) is 43.0 Å². The van der Waals surface area contributed by atoms with Crippen molar-refractivity contribution >= 4 is 52.3 Å². The number of aromatic hydroxyl groups is 1. The van der Waals surface area contributed by atoms with E-state index in [1.165, 1.54) is 0 Å². The molecule has 2 atom stereocenters. The first-order chi connectivity index (χ1) is 16.3. The van der Waals surface area contributed by atoms with Crippen LogP contribution in [0.4, 0.5) is 5.69 Å². The number of piperazine rings is 1. The molecule has 0 aromatic heterocycles. The molecule has 4 rings (SSSR count). The average molecular weight is 517 g/mol. The molecule has 35 heavy (non-hydrogen) atoms. The van der Waals surface area contributed by atoms with E-state index in [9.17, 15) is 14.7 Å².